The van der Waals surface area contributed by atoms with E-state index in [9.17, 15) is 9.59 Å². The molecule has 0 aliphatic rings. The Morgan fingerprint density at radius 3 is 2.23 bits per heavy atom. The van der Waals surface area contributed by atoms with E-state index in [1.807, 2.05) is 24.3 Å². The fourth-order valence-corrected chi connectivity index (χ4v) is 1.97. The molecule has 0 aliphatic carbocycles. The zero-order valence-corrected chi connectivity index (χ0v) is 13.9. The van der Waals surface area contributed by atoms with Gasteiger partial charge in [-0.05, 0) is 30.0 Å². The third-order valence-electron chi connectivity index (χ3n) is 3.42. The maximum Gasteiger partial charge on any atom is 0.305 e. The average Bonchev–Trinajstić information content (AvgIpc) is 2.43. The van der Waals surface area contributed by atoms with E-state index in [0.717, 1.165) is 0 Å². The van der Waals surface area contributed by atoms with Gasteiger partial charge >= 0.3 is 5.97 Å². The summed E-state index contributed by atoms with van der Waals surface area (Å²) in [5.41, 5.74) is 1.26. The smallest absolute Gasteiger partial charge is 0.305 e. The maximum atomic E-state index is 12.1. The van der Waals surface area contributed by atoms with Crippen LogP contribution in [0.25, 0.3) is 0 Å². The van der Waals surface area contributed by atoms with Crippen molar-refractivity contribution in [3.8, 4) is 5.75 Å². The summed E-state index contributed by atoms with van der Waals surface area (Å²) in [6.45, 7) is 8.23. The van der Waals surface area contributed by atoms with Crippen LogP contribution in [0.5, 0.6) is 5.75 Å². The van der Waals surface area contributed by atoms with Crippen molar-refractivity contribution < 1.29 is 19.4 Å². The molecule has 1 amide bonds. The first-order chi connectivity index (χ1) is 10.1. The third-order valence-corrected chi connectivity index (χ3v) is 3.42. The Hall–Kier alpha value is -2.04. The highest BCUT2D eigenvalue weighted by molar-refractivity contribution is 5.81. The van der Waals surface area contributed by atoms with E-state index < -0.39 is 12.1 Å². The van der Waals surface area contributed by atoms with Gasteiger partial charge in [-0.3, -0.25) is 9.59 Å². The molecule has 0 spiro atoms. The molecule has 0 radical (unpaired) electrons. The minimum Gasteiger partial charge on any atom is -0.481 e. The predicted molar refractivity (Wildman–Crippen MR) is 85.1 cm³/mol. The number of amides is 1. The van der Waals surface area contributed by atoms with Gasteiger partial charge in [0.2, 0.25) is 0 Å². The van der Waals surface area contributed by atoms with Crippen LogP contribution >= 0.6 is 0 Å². The molecule has 5 heteroatoms. The first-order valence-corrected chi connectivity index (χ1v) is 7.35. The van der Waals surface area contributed by atoms with Crippen molar-refractivity contribution in [1.29, 1.82) is 0 Å². The lowest BCUT2D eigenvalue weighted by atomic mass is 9.87. The number of hydrogen-bond donors (Lipinski definition) is 1. The first-order valence-electron chi connectivity index (χ1n) is 7.35. The minimum absolute atomic E-state index is 0.0665. The molecule has 0 bridgehead atoms. The van der Waals surface area contributed by atoms with Gasteiger partial charge in [0.1, 0.15) is 5.75 Å². The molecule has 1 aromatic rings. The second-order valence-electron chi connectivity index (χ2n) is 6.44. The predicted octanol–water partition coefficient (Wildman–Crippen LogP) is 2.68. The van der Waals surface area contributed by atoms with Gasteiger partial charge in [0, 0.05) is 13.6 Å². The Morgan fingerprint density at radius 2 is 1.77 bits per heavy atom. The largest absolute Gasteiger partial charge is 0.481 e. The lowest BCUT2D eigenvalue weighted by molar-refractivity contribution is -0.140. The van der Waals surface area contributed by atoms with Gasteiger partial charge in [0.15, 0.2) is 6.10 Å². The molecule has 0 aromatic heterocycles. The molecule has 1 rings (SSSR count). The Labute approximate surface area is 131 Å². The van der Waals surface area contributed by atoms with Crippen LogP contribution in [-0.4, -0.2) is 41.6 Å². The van der Waals surface area contributed by atoms with E-state index >= 15 is 0 Å². The molecule has 0 saturated carbocycles. The van der Waals surface area contributed by atoms with Crippen molar-refractivity contribution in [2.24, 2.45) is 0 Å². The van der Waals surface area contributed by atoms with Crippen LogP contribution in [0.2, 0.25) is 0 Å². The summed E-state index contributed by atoms with van der Waals surface area (Å²) in [5, 5.41) is 8.64. The topological polar surface area (TPSA) is 66.8 Å². The van der Waals surface area contributed by atoms with Crippen molar-refractivity contribution in [2.75, 3.05) is 13.6 Å². The molecule has 0 heterocycles. The maximum absolute atomic E-state index is 12.1. The van der Waals surface area contributed by atoms with Gasteiger partial charge in [-0.1, -0.05) is 32.9 Å². The number of hydrogen-bond acceptors (Lipinski definition) is 3. The molecular formula is C17H25NO4. The molecule has 1 aromatic carbocycles. The van der Waals surface area contributed by atoms with Crippen LogP contribution in [0.1, 0.15) is 39.7 Å². The molecule has 5 nitrogen and oxygen atoms in total. The summed E-state index contributed by atoms with van der Waals surface area (Å²) in [5.74, 6) is -0.535. The van der Waals surface area contributed by atoms with E-state index in [-0.39, 0.29) is 24.3 Å². The third kappa shape index (κ3) is 5.39. The number of aliphatic carboxylic acids is 1. The summed E-state index contributed by atoms with van der Waals surface area (Å²) < 4.78 is 5.63. The van der Waals surface area contributed by atoms with Crippen molar-refractivity contribution in [3.63, 3.8) is 0 Å². The lowest BCUT2D eigenvalue weighted by Crippen LogP contribution is -2.39. The first kappa shape index (κ1) is 18.0. The normalized spacial score (nSPS) is 12.6. The number of carboxylic acids is 1. The highest BCUT2D eigenvalue weighted by atomic mass is 16.5. The van der Waals surface area contributed by atoms with Crippen LogP contribution in [0.15, 0.2) is 24.3 Å². The van der Waals surface area contributed by atoms with Gasteiger partial charge in [-0.25, -0.2) is 0 Å². The van der Waals surface area contributed by atoms with E-state index in [0.29, 0.717) is 5.75 Å². The van der Waals surface area contributed by atoms with Crippen molar-refractivity contribution >= 4 is 11.9 Å². The summed E-state index contributed by atoms with van der Waals surface area (Å²) in [6, 6.07) is 7.67. The molecule has 0 fully saturated rings. The number of carboxylic acid groups (broad SMARTS) is 1. The standard InChI is InChI=1S/C17H25NO4/c1-12(16(21)18(5)11-10-15(19)20)22-14-8-6-13(7-9-14)17(2,3)4/h6-9,12H,10-11H2,1-5H3,(H,19,20). The Balaban J connectivity index is 2.62. The number of nitrogens with zero attached hydrogens (tertiary/aromatic N) is 1. The highest BCUT2D eigenvalue weighted by Gasteiger charge is 2.20. The SMILES string of the molecule is CC(Oc1ccc(C(C)(C)C)cc1)C(=O)N(C)CCC(=O)O. The molecule has 22 heavy (non-hydrogen) atoms. The second-order valence-corrected chi connectivity index (χ2v) is 6.44. The van der Waals surface area contributed by atoms with Crippen LogP contribution in [0.3, 0.4) is 0 Å². The highest BCUT2D eigenvalue weighted by Crippen LogP contribution is 2.24. The van der Waals surface area contributed by atoms with Gasteiger partial charge in [0.25, 0.3) is 5.91 Å². The fraction of sp³-hybridized carbons (Fsp3) is 0.529. The molecule has 122 valence electrons. The molecule has 0 saturated heterocycles. The Kier molecular flexibility index (Phi) is 5.97. The van der Waals surface area contributed by atoms with Crippen LogP contribution in [0.4, 0.5) is 0 Å². The number of likely N-dealkylation sites (N-methyl/N-ethyl adjacent to an activating group) is 1. The summed E-state index contributed by atoms with van der Waals surface area (Å²) in [7, 11) is 1.58. The second kappa shape index (κ2) is 7.29. The van der Waals surface area contributed by atoms with Crippen LogP contribution < -0.4 is 4.74 Å². The quantitative estimate of drug-likeness (QED) is 0.877. The number of carbonyl (C=O) groups excluding carboxylic acids is 1. The summed E-state index contributed by atoms with van der Waals surface area (Å²) >= 11 is 0. The summed E-state index contributed by atoms with van der Waals surface area (Å²) in [6.07, 6.45) is -0.728. The zero-order valence-electron chi connectivity index (χ0n) is 13.9. The molecular weight excluding hydrogens is 282 g/mol. The van der Waals surface area contributed by atoms with Crippen molar-refractivity contribution in [2.45, 2.75) is 45.6 Å². The molecule has 1 N–H and O–H groups in total. The van der Waals surface area contributed by atoms with Crippen LogP contribution in [-0.2, 0) is 15.0 Å². The Bertz CT molecular complexity index is 516. The van der Waals surface area contributed by atoms with Crippen molar-refractivity contribution in [3.05, 3.63) is 29.8 Å². The van der Waals surface area contributed by atoms with Gasteiger partial charge in [-0.15, -0.1) is 0 Å². The fourth-order valence-electron chi connectivity index (χ4n) is 1.97. The zero-order chi connectivity index (χ0) is 16.9. The molecule has 0 aliphatic heterocycles. The monoisotopic (exact) mass is 307 g/mol. The van der Waals surface area contributed by atoms with Gasteiger partial charge < -0.3 is 14.7 Å². The van der Waals surface area contributed by atoms with E-state index in [1.54, 1.807) is 14.0 Å². The van der Waals surface area contributed by atoms with E-state index in [2.05, 4.69) is 20.8 Å². The van der Waals surface area contributed by atoms with E-state index in [4.69, 9.17) is 9.84 Å². The number of carbonyl (C=O) groups is 2. The Morgan fingerprint density at radius 1 is 1.23 bits per heavy atom. The van der Waals surface area contributed by atoms with Crippen LogP contribution in [0, 0.1) is 0 Å². The van der Waals surface area contributed by atoms with Gasteiger partial charge in [-0.2, -0.15) is 0 Å². The lowest BCUT2D eigenvalue weighted by Gasteiger charge is -2.22. The molecule has 1 atom stereocenters. The minimum atomic E-state index is -0.925. The average molecular weight is 307 g/mol. The number of benzene rings is 1. The van der Waals surface area contributed by atoms with Gasteiger partial charge in [0.05, 0.1) is 6.42 Å². The van der Waals surface area contributed by atoms with Crippen molar-refractivity contribution in [1.82, 2.24) is 4.90 Å². The number of rotatable bonds is 6. The number of ether oxygens (including phenoxy) is 1. The van der Waals surface area contributed by atoms with E-state index in [1.165, 1.54) is 10.5 Å². The summed E-state index contributed by atoms with van der Waals surface area (Å²) in [4.78, 5) is 24.0. The molecule has 1 unspecified atom stereocenters.